The van der Waals surface area contributed by atoms with Crippen LogP contribution in [-0.2, 0) is 6.54 Å². The molecule has 0 bridgehead atoms. The zero-order valence-corrected chi connectivity index (χ0v) is 15.1. The normalized spacial score (nSPS) is 17.8. The van der Waals surface area contributed by atoms with Crippen molar-refractivity contribution < 1.29 is 13.2 Å². The van der Waals surface area contributed by atoms with Gasteiger partial charge in [0.2, 0.25) is 0 Å². The maximum atomic E-state index is 12.6. The van der Waals surface area contributed by atoms with Crippen molar-refractivity contribution in [3.63, 3.8) is 0 Å². The molecule has 2 N–H and O–H groups in total. The first kappa shape index (κ1) is 18.6. The van der Waals surface area contributed by atoms with E-state index in [2.05, 4.69) is 30.7 Å². The Morgan fingerprint density at radius 3 is 2.89 bits per heavy atom. The highest BCUT2D eigenvalue weighted by atomic mass is 19.4. The standard InChI is InChI=1S/C18H20F3N7/c19-18(20,21)11-28-10-13(9-26-28)14-6-15-16(24-5-4-23-15)17(27-14)25-8-12-2-1-3-22-7-12/h4-6,9-10,12,22H,1-3,7-8,11H2,(H,25,27)/t12-/m0/s1. The van der Waals surface area contributed by atoms with E-state index in [9.17, 15) is 13.2 Å². The molecular formula is C18H20F3N7. The van der Waals surface area contributed by atoms with E-state index in [1.807, 2.05) is 0 Å². The number of rotatable bonds is 5. The number of aromatic nitrogens is 5. The zero-order valence-electron chi connectivity index (χ0n) is 15.1. The van der Waals surface area contributed by atoms with Gasteiger partial charge in [-0.1, -0.05) is 0 Å². The first-order valence-corrected chi connectivity index (χ1v) is 9.14. The molecule has 0 aliphatic carbocycles. The fourth-order valence-electron chi connectivity index (χ4n) is 3.35. The van der Waals surface area contributed by atoms with E-state index in [1.165, 1.54) is 12.4 Å². The zero-order chi connectivity index (χ0) is 19.6. The van der Waals surface area contributed by atoms with Crippen molar-refractivity contribution in [2.24, 2.45) is 5.92 Å². The summed E-state index contributed by atoms with van der Waals surface area (Å²) in [6.45, 7) is 1.59. The molecule has 0 saturated carbocycles. The summed E-state index contributed by atoms with van der Waals surface area (Å²) >= 11 is 0. The Labute approximate surface area is 159 Å². The van der Waals surface area contributed by atoms with E-state index < -0.39 is 12.7 Å². The first-order valence-electron chi connectivity index (χ1n) is 9.14. The van der Waals surface area contributed by atoms with Crippen molar-refractivity contribution >= 4 is 16.9 Å². The Kier molecular flexibility index (Phi) is 5.12. The predicted octanol–water partition coefficient (Wildman–Crippen LogP) is 2.86. The minimum absolute atomic E-state index is 0.487. The number of nitrogens with one attached hydrogen (secondary N) is 2. The monoisotopic (exact) mass is 391 g/mol. The Balaban J connectivity index is 1.62. The number of hydrogen-bond acceptors (Lipinski definition) is 6. The molecule has 1 fully saturated rings. The molecule has 10 heteroatoms. The van der Waals surface area contributed by atoms with Crippen LogP contribution in [-0.4, -0.2) is 50.5 Å². The number of halogens is 3. The molecule has 7 nitrogen and oxygen atoms in total. The lowest BCUT2D eigenvalue weighted by atomic mass is 10.00. The molecule has 0 amide bonds. The van der Waals surface area contributed by atoms with Crippen molar-refractivity contribution in [3.05, 3.63) is 30.9 Å². The van der Waals surface area contributed by atoms with Gasteiger partial charge in [0, 0.05) is 30.7 Å². The third kappa shape index (κ3) is 4.38. The Morgan fingerprint density at radius 2 is 2.11 bits per heavy atom. The average molecular weight is 391 g/mol. The van der Waals surface area contributed by atoms with E-state index in [0.29, 0.717) is 34.0 Å². The highest BCUT2D eigenvalue weighted by Gasteiger charge is 2.28. The summed E-state index contributed by atoms with van der Waals surface area (Å²) in [4.78, 5) is 13.3. The van der Waals surface area contributed by atoms with Crippen LogP contribution in [0.15, 0.2) is 30.9 Å². The molecule has 0 unspecified atom stereocenters. The van der Waals surface area contributed by atoms with Crippen LogP contribution in [0.25, 0.3) is 22.3 Å². The molecule has 3 aromatic heterocycles. The van der Waals surface area contributed by atoms with Crippen LogP contribution < -0.4 is 10.6 Å². The van der Waals surface area contributed by atoms with Gasteiger partial charge in [-0.2, -0.15) is 18.3 Å². The molecule has 0 radical (unpaired) electrons. The van der Waals surface area contributed by atoms with Gasteiger partial charge in [-0.3, -0.25) is 9.67 Å². The van der Waals surface area contributed by atoms with Crippen molar-refractivity contribution in [2.45, 2.75) is 25.6 Å². The number of alkyl halides is 3. The number of pyridine rings is 1. The smallest absolute Gasteiger partial charge is 0.368 e. The number of hydrogen-bond donors (Lipinski definition) is 2. The first-order chi connectivity index (χ1) is 13.5. The Bertz CT molecular complexity index is 948. The number of fused-ring (bicyclic) bond motifs is 1. The largest absolute Gasteiger partial charge is 0.408 e. The van der Waals surface area contributed by atoms with Crippen molar-refractivity contribution in [1.82, 2.24) is 30.0 Å². The van der Waals surface area contributed by atoms with Crippen LogP contribution in [0.4, 0.5) is 19.0 Å². The van der Waals surface area contributed by atoms with Gasteiger partial charge in [-0.05, 0) is 37.9 Å². The molecule has 1 saturated heterocycles. The third-order valence-corrected chi connectivity index (χ3v) is 4.68. The Morgan fingerprint density at radius 1 is 1.25 bits per heavy atom. The number of anilines is 1. The van der Waals surface area contributed by atoms with Gasteiger partial charge in [-0.25, -0.2) is 9.97 Å². The maximum absolute atomic E-state index is 12.6. The van der Waals surface area contributed by atoms with Crippen LogP contribution >= 0.6 is 0 Å². The summed E-state index contributed by atoms with van der Waals surface area (Å²) in [5.74, 6) is 1.07. The summed E-state index contributed by atoms with van der Waals surface area (Å²) in [5, 5.41) is 10.5. The Hall–Kier alpha value is -2.75. The lowest BCUT2D eigenvalue weighted by Gasteiger charge is -2.23. The molecule has 3 aromatic rings. The number of piperidine rings is 1. The van der Waals surface area contributed by atoms with Crippen LogP contribution in [0.3, 0.4) is 0 Å². The minimum atomic E-state index is -4.33. The van der Waals surface area contributed by atoms with Gasteiger partial charge in [0.05, 0.1) is 17.4 Å². The van der Waals surface area contributed by atoms with Gasteiger partial charge < -0.3 is 10.6 Å². The maximum Gasteiger partial charge on any atom is 0.408 e. The number of nitrogens with zero attached hydrogens (tertiary/aromatic N) is 5. The lowest BCUT2D eigenvalue weighted by molar-refractivity contribution is -0.142. The molecule has 0 aromatic carbocycles. The molecule has 28 heavy (non-hydrogen) atoms. The van der Waals surface area contributed by atoms with Crippen molar-refractivity contribution in [3.8, 4) is 11.3 Å². The highest BCUT2D eigenvalue weighted by molar-refractivity contribution is 5.88. The van der Waals surface area contributed by atoms with Gasteiger partial charge in [-0.15, -0.1) is 0 Å². The lowest BCUT2D eigenvalue weighted by Crippen LogP contribution is -2.33. The molecule has 4 rings (SSSR count). The van der Waals surface area contributed by atoms with Crippen LogP contribution in [0.2, 0.25) is 0 Å². The van der Waals surface area contributed by atoms with Gasteiger partial charge in [0.15, 0.2) is 5.82 Å². The fourth-order valence-corrected chi connectivity index (χ4v) is 3.35. The topological polar surface area (TPSA) is 80.5 Å². The van der Waals surface area contributed by atoms with Gasteiger partial charge >= 0.3 is 6.18 Å². The summed E-state index contributed by atoms with van der Waals surface area (Å²) in [7, 11) is 0. The van der Waals surface area contributed by atoms with E-state index in [1.54, 1.807) is 18.5 Å². The van der Waals surface area contributed by atoms with Crippen LogP contribution in [0, 0.1) is 5.92 Å². The SMILES string of the molecule is FC(F)(F)Cn1cc(-c2cc3nccnc3c(NC[C@H]3CCCNC3)n2)cn1. The minimum Gasteiger partial charge on any atom is -0.368 e. The highest BCUT2D eigenvalue weighted by Crippen LogP contribution is 2.26. The van der Waals surface area contributed by atoms with Crippen LogP contribution in [0.1, 0.15) is 12.8 Å². The molecule has 1 aliphatic heterocycles. The second-order valence-corrected chi connectivity index (χ2v) is 6.92. The fraction of sp³-hybridized carbons (Fsp3) is 0.444. The van der Waals surface area contributed by atoms with Crippen molar-refractivity contribution in [1.29, 1.82) is 0 Å². The van der Waals surface area contributed by atoms with Gasteiger partial charge in [0.25, 0.3) is 0 Å². The predicted molar refractivity (Wildman–Crippen MR) is 98.7 cm³/mol. The van der Waals surface area contributed by atoms with E-state index in [-0.39, 0.29) is 0 Å². The molecule has 1 atom stereocenters. The average Bonchev–Trinajstić information content (AvgIpc) is 3.13. The van der Waals surface area contributed by atoms with E-state index in [0.717, 1.165) is 37.2 Å². The summed E-state index contributed by atoms with van der Waals surface area (Å²) in [5.41, 5.74) is 2.27. The van der Waals surface area contributed by atoms with E-state index >= 15 is 0 Å². The van der Waals surface area contributed by atoms with E-state index in [4.69, 9.17) is 0 Å². The second kappa shape index (κ2) is 7.70. The molecule has 0 spiro atoms. The summed E-state index contributed by atoms with van der Waals surface area (Å²) in [6, 6.07) is 1.71. The quantitative estimate of drug-likeness (QED) is 0.696. The summed E-state index contributed by atoms with van der Waals surface area (Å²) < 4.78 is 38.6. The third-order valence-electron chi connectivity index (χ3n) is 4.68. The molecular weight excluding hydrogens is 371 g/mol. The summed E-state index contributed by atoms with van der Waals surface area (Å²) in [6.07, 6.45) is 3.84. The van der Waals surface area contributed by atoms with Gasteiger partial charge in [0.1, 0.15) is 12.1 Å². The second-order valence-electron chi connectivity index (χ2n) is 6.92. The molecule has 4 heterocycles. The molecule has 148 valence electrons. The van der Waals surface area contributed by atoms with Crippen LogP contribution in [0.5, 0.6) is 0 Å². The molecule has 1 aliphatic rings. The van der Waals surface area contributed by atoms with Crippen molar-refractivity contribution in [2.75, 3.05) is 25.0 Å².